The minimum absolute atomic E-state index is 0.122. The molecule has 3 rings (SSSR count). The summed E-state index contributed by atoms with van der Waals surface area (Å²) in [6.07, 6.45) is 2.51. The average molecular weight is 321 g/mol. The van der Waals surface area contributed by atoms with Gasteiger partial charge in [-0.15, -0.1) is 5.10 Å². The van der Waals surface area contributed by atoms with Gasteiger partial charge in [-0.1, -0.05) is 6.92 Å². The average Bonchev–Trinajstić information content (AvgIpc) is 3.21. The highest BCUT2D eigenvalue weighted by Crippen LogP contribution is 2.41. The van der Waals surface area contributed by atoms with Gasteiger partial charge in [0.1, 0.15) is 0 Å². The molecule has 8 nitrogen and oxygen atoms in total. The molecule has 2 fully saturated rings. The molecule has 1 spiro atoms. The van der Waals surface area contributed by atoms with Crippen molar-refractivity contribution in [3.8, 4) is 6.01 Å². The molecule has 2 aliphatic rings. The van der Waals surface area contributed by atoms with E-state index in [1.165, 1.54) is 11.8 Å². The van der Waals surface area contributed by atoms with Gasteiger partial charge in [0, 0.05) is 33.2 Å². The fourth-order valence-corrected chi connectivity index (χ4v) is 3.58. The number of methoxy groups -OCH3 is 1. The molecule has 0 aromatic carbocycles. The van der Waals surface area contributed by atoms with Crippen molar-refractivity contribution in [1.29, 1.82) is 0 Å². The van der Waals surface area contributed by atoms with Crippen molar-refractivity contribution in [3.63, 3.8) is 0 Å². The van der Waals surface area contributed by atoms with Crippen LogP contribution in [0.1, 0.15) is 36.8 Å². The normalized spacial score (nSPS) is 24.0. The number of likely N-dealkylation sites (tertiary alicyclic amines) is 2. The van der Waals surface area contributed by atoms with Crippen molar-refractivity contribution in [2.45, 2.75) is 26.2 Å². The van der Waals surface area contributed by atoms with Crippen molar-refractivity contribution in [3.05, 3.63) is 5.82 Å². The molecule has 8 heteroatoms. The standard InChI is InChI=1S/C15H23N5O3/c1-4-7-19-8-5-15(13(19)22)6-9-20(10-15)12(21)11-16-14(23-3)18(2)17-11/h4-10H2,1-3H3. The largest absolute Gasteiger partial charge is 0.467 e. The minimum atomic E-state index is -0.399. The van der Waals surface area contributed by atoms with E-state index in [2.05, 4.69) is 17.0 Å². The smallest absolute Gasteiger partial charge is 0.314 e. The van der Waals surface area contributed by atoms with Crippen LogP contribution in [0.15, 0.2) is 0 Å². The summed E-state index contributed by atoms with van der Waals surface area (Å²) < 4.78 is 6.48. The van der Waals surface area contributed by atoms with Crippen LogP contribution in [0, 0.1) is 5.41 Å². The Bertz CT molecular complexity index is 629. The third-order valence-electron chi connectivity index (χ3n) is 4.83. The Morgan fingerprint density at radius 1 is 1.35 bits per heavy atom. The number of carbonyl (C=O) groups is 2. The van der Waals surface area contributed by atoms with Crippen LogP contribution in [0.25, 0.3) is 0 Å². The Morgan fingerprint density at radius 3 is 2.74 bits per heavy atom. The Morgan fingerprint density at radius 2 is 2.09 bits per heavy atom. The third kappa shape index (κ3) is 2.55. The lowest BCUT2D eigenvalue weighted by Crippen LogP contribution is -2.38. The highest BCUT2D eigenvalue weighted by molar-refractivity contribution is 5.92. The second-order valence-electron chi connectivity index (χ2n) is 6.34. The molecule has 1 aromatic heterocycles. The zero-order valence-electron chi connectivity index (χ0n) is 13.9. The predicted octanol–water partition coefficient (Wildman–Crippen LogP) is 0.298. The lowest BCUT2D eigenvalue weighted by atomic mass is 9.85. The molecule has 2 saturated heterocycles. The zero-order chi connectivity index (χ0) is 16.6. The molecule has 0 N–H and O–H groups in total. The highest BCUT2D eigenvalue weighted by Gasteiger charge is 2.51. The molecule has 1 aromatic rings. The molecule has 1 atom stereocenters. The van der Waals surface area contributed by atoms with E-state index in [1.54, 1.807) is 11.9 Å². The first-order valence-electron chi connectivity index (χ1n) is 8.04. The first kappa shape index (κ1) is 15.8. The van der Waals surface area contributed by atoms with Gasteiger partial charge in [0.05, 0.1) is 12.5 Å². The maximum absolute atomic E-state index is 12.7. The number of hydrogen-bond donors (Lipinski definition) is 0. The molecular formula is C15H23N5O3. The lowest BCUT2D eigenvalue weighted by Gasteiger charge is -2.23. The number of ether oxygens (including phenoxy) is 1. The summed E-state index contributed by atoms with van der Waals surface area (Å²) in [6.45, 7) is 4.71. The summed E-state index contributed by atoms with van der Waals surface area (Å²) in [5.41, 5.74) is -0.399. The predicted molar refractivity (Wildman–Crippen MR) is 82.0 cm³/mol. The molecule has 2 amide bonds. The second kappa shape index (κ2) is 5.82. The molecule has 0 bridgehead atoms. The van der Waals surface area contributed by atoms with Crippen molar-refractivity contribution < 1.29 is 14.3 Å². The fraction of sp³-hybridized carbons (Fsp3) is 0.733. The molecule has 2 aliphatic heterocycles. The molecule has 1 unspecified atom stereocenters. The van der Waals surface area contributed by atoms with E-state index < -0.39 is 5.41 Å². The second-order valence-corrected chi connectivity index (χ2v) is 6.34. The van der Waals surface area contributed by atoms with Crippen LogP contribution < -0.4 is 4.74 Å². The third-order valence-corrected chi connectivity index (χ3v) is 4.83. The number of rotatable bonds is 4. The van der Waals surface area contributed by atoms with Crippen molar-refractivity contribution >= 4 is 11.8 Å². The monoisotopic (exact) mass is 321 g/mol. The number of amides is 2. The van der Waals surface area contributed by atoms with Crippen LogP contribution in [0.3, 0.4) is 0 Å². The number of aromatic nitrogens is 3. The maximum atomic E-state index is 12.7. The van der Waals surface area contributed by atoms with Gasteiger partial charge < -0.3 is 14.5 Å². The van der Waals surface area contributed by atoms with E-state index in [-0.39, 0.29) is 17.6 Å². The topological polar surface area (TPSA) is 80.6 Å². The van der Waals surface area contributed by atoms with E-state index in [0.717, 1.165) is 32.4 Å². The van der Waals surface area contributed by atoms with Crippen LogP contribution in [-0.2, 0) is 11.8 Å². The van der Waals surface area contributed by atoms with Crippen LogP contribution in [0.2, 0.25) is 0 Å². The van der Waals surface area contributed by atoms with Gasteiger partial charge in [-0.05, 0) is 19.3 Å². The van der Waals surface area contributed by atoms with Crippen molar-refractivity contribution in [1.82, 2.24) is 24.6 Å². The number of nitrogens with zero attached hydrogens (tertiary/aromatic N) is 5. The molecule has 0 saturated carbocycles. The highest BCUT2D eigenvalue weighted by atomic mass is 16.5. The molecule has 23 heavy (non-hydrogen) atoms. The lowest BCUT2D eigenvalue weighted by molar-refractivity contribution is -0.135. The van der Waals surface area contributed by atoms with Crippen LogP contribution in [0.4, 0.5) is 0 Å². The van der Waals surface area contributed by atoms with Gasteiger partial charge in [-0.3, -0.25) is 9.59 Å². The van der Waals surface area contributed by atoms with E-state index in [1.807, 2.05) is 4.90 Å². The van der Waals surface area contributed by atoms with Crippen LogP contribution >= 0.6 is 0 Å². The van der Waals surface area contributed by atoms with Gasteiger partial charge in [0.15, 0.2) is 0 Å². The zero-order valence-corrected chi connectivity index (χ0v) is 13.9. The Labute approximate surface area is 135 Å². The quantitative estimate of drug-likeness (QED) is 0.797. The SMILES string of the molecule is CCCN1CCC2(CCN(C(=O)c3nc(OC)n(C)n3)C2)C1=O. The summed E-state index contributed by atoms with van der Waals surface area (Å²) in [7, 11) is 3.17. The summed E-state index contributed by atoms with van der Waals surface area (Å²) in [5.74, 6) is 0.0842. The van der Waals surface area contributed by atoms with Gasteiger partial charge in [0.25, 0.3) is 5.91 Å². The number of aryl methyl sites for hydroxylation is 1. The fourth-order valence-electron chi connectivity index (χ4n) is 3.58. The Kier molecular flexibility index (Phi) is 3.99. The molecule has 0 radical (unpaired) electrons. The van der Waals surface area contributed by atoms with Crippen molar-refractivity contribution in [2.24, 2.45) is 12.5 Å². The first-order valence-corrected chi connectivity index (χ1v) is 8.04. The number of carbonyl (C=O) groups excluding carboxylic acids is 2. The van der Waals surface area contributed by atoms with Crippen LogP contribution in [-0.4, -0.2) is 69.7 Å². The summed E-state index contributed by atoms with van der Waals surface area (Å²) in [5, 5.41) is 4.10. The molecule has 0 aliphatic carbocycles. The van der Waals surface area contributed by atoms with E-state index >= 15 is 0 Å². The van der Waals surface area contributed by atoms with Gasteiger partial charge in [-0.25, -0.2) is 4.68 Å². The van der Waals surface area contributed by atoms with Gasteiger partial charge in [-0.2, -0.15) is 4.98 Å². The first-order chi connectivity index (χ1) is 11.0. The summed E-state index contributed by atoms with van der Waals surface area (Å²) >= 11 is 0. The van der Waals surface area contributed by atoms with Crippen molar-refractivity contribution in [2.75, 3.05) is 33.3 Å². The summed E-state index contributed by atoms with van der Waals surface area (Å²) in [4.78, 5) is 33.0. The number of hydrogen-bond acceptors (Lipinski definition) is 5. The molecule has 126 valence electrons. The van der Waals surface area contributed by atoms with Crippen LogP contribution in [0.5, 0.6) is 6.01 Å². The maximum Gasteiger partial charge on any atom is 0.314 e. The molecular weight excluding hydrogens is 298 g/mol. The minimum Gasteiger partial charge on any atom is -0.467 e. The van der Waals surface area contributed by atoms with Gasteiger partial charge in [0.2, 0.25) is 11.7 Å². The van der Waals surface area contributed by atoms with E-state index in [9.17, 15) is 9.59 Å². The van der Waals surface area contributed by atoms with E-state index in [0.29, 0.717) is 19.1 Å². The Balaban J connectivity index is 1.72. The van der Waals surface area contributed by atoms with E-state index in [4.69, 9.17) is 4.74 Å². The molecule has 3 heterocycles. The Hall–Kier alpha value is -2.12. The van der Waals surface area contributed by atoms with Gasteiger partial charge >= 0.3 is 6.01 Å². The summed E-state index contributed by atoms with van der Waals surface area (Å²) in [6, 6.07) is 0.299.